The molecule has 0 heterocycles. The predicted octanol–water partition coefficient (Wildman–Crippen LogP) is 0.960. The molecule has 0 atom stereocenters. The third-order valence-electron chi connectivity index (χ3n) is 1.99. The first-order chi connectivity index (χ1) is 7.41. The van der Waals surface area contributed by atoms with E-state index in [1.165, 1.54) is 23.1 Å². The van der Waals surface area contributed by atoms with E-state index in [0.29, 0.717) is 10.7 Å². The number of benzene rings is 1. The van der Waals surface area contributed by atoms with Crippen molar-refractivity contribution in [2.75, 3.05) is 18.5 Å². The van der Waals surface area contributed by atoms with Gasteiger partial charge >= 0.3 is 5.97 Å². The number of hydrogen-bond donors (Lipinski definition) is 2. The van der Waals surface area contributed by atoms with E-state index in [-0.39, 0.29) is 12.1 Å². The first-order valence-electron chi connectivity index (χ1n) is 4.44. The van der Waals surface area contributed by atoms with E-state index in [9.17, 15) is 9.59 Å². The smallest absolute Gasteiger partial charge is 0.337 e. The summed E-state index contributed by atoms with van der Waals surface area (Å²) >= 11 is 5.77. The highest BCUT2D eigenvalue weighted by Crippen LogP contribution is 2.23. The van der Waals surface area contributed by atoms with Gasteiger partial charge in [0.1, 0.15) is 0 Å². The van der Waals surface area contributed by atoms with Gasteiger partial charge in [-0.3, -0.25) is 4.79 Å². The van der Waals surface area contributed by atoms with Crippen molar-refractivity contribution in [3.05, 3.63) is 28.8 Å². The minimum Gasteiger partial charge on any atom is -0.478 e. The van der Waals surface area contributed by atoms with Gasteiger partial charge in [0.15, 0.2) is 0 Å². The van der Waals surface area contributed by atoms with Gasteiger partial charge in [0.25, 0.3) is 0 Å². The van der Waals surface area contributed by atoms with Crippen molar-refractivity contribution in [2.24, 2.45) is 5.73 Å². The number of primary amides is 1. The summed E-state index contributed by atoms with van der Waals surface area (Å²) in [5.74, 6) is -1.62. The number of carboxylic acid groups (broad SMARTS) is 1. The molecule has 5 nitrogen and oxygen atoms in total. The van der Waals surface area contributed by atoms with Crippen LogP contribution in [-0.2, 0) is 4.79 Å². The standard InChI is InChI=1S/C10H11ClN2O3/c1-13(5-9(12)14)8-4-6(11)2-3-7(8)10(15)16/h2-4H,5H2,1H3,(H2,12,14)(H,15,16). The summed E-state index contributed by atoms with van der Waals surface area (Å²) < 4.78 is 0. The molecule has 6 heteroatoms. The number of nitrogens with zero attached hydrogens (tertiary/aromatic N) is 1. The highest BCUT2D eigenvalue weighted by atomic mass is 35.5. The fourth-order valence-corrected chi connectivity index (χ4v) is 1.49. The maximum absolute atomic E-state index is 10.9. The molecule has 0 bridgehead atoms. The fraction of sp³-hybridized carbons (Fsp3) is 0.200. The SMILES string of the molecule is CN(CC(N)=O)c1cc(Cl)ccc1C(=O)O. The van der Waals surface area contributed by atoms with Crippen LogP contribution in [0.25, 0.3) is 0 Å². The number of aromatic carboxylic acids is 1. The molecule has 0 unspecified atom stereocenters. The molecule has 0 radical (unpaired) electrons. The lowest BCUT2D eigenvalue weighted by Gasteiger charge is -2.19. The highest BCUT2D eigenvalue weighted by Gasteiger charge is 2.14. The second-order valence-corrected chi connectivity index (χ2v) is 3.73. The van der Waals surface area contributed by atoms with Crippen LogP contribution in [0.4, 0.5) is 5.69 Å². The van der Waals surface area contributed by atoms with Gasteiger partial charge in [-0.25, -0.2) is 4.79 Å². The van der Waals surface area contributed by atoms with Gasteiger partial charge in [0.05, 0.1) is 17.8 Å². The quantitative estimate of drug-likeness (QED) is 0.824. The topological polar surface area (TPSA) is 83.6 Å². The van der Waals surface area contributed by atoms with E-state index in [1.54, 1.807) is 7.05 Å². The van der Waals surface area contributed by atoms with Crippen molar-refractivity contribution in [2.45, 2.75) is 0 Å². The Morgan fingerprint density at radius 1 is 1.50 bits per heavy atom. The van der Waals surface area contributed by atoms with Crippen LogP contribution < -0.4 is 10.6 Å². The summed E-state index contributed by atoms with van der Waals surface area (Å²) in [5, 5.41) is 9.35. The molecule has 16 heavy (non-hydrogen) atoms. The zero-order valence-corrected chi connectivity index (χ0v) is 9.36. The predicted molar refractivity (Wildman–Crippen MR) is 60.9 cm³/mol. The van der Waals surface area contributed by atoms with Gasteiger partial charge in [-0.2, -0.15) is 0 Å². The van der Waals surface area contributed by atoms with Gasteiger partial charge < -0.3 is 15.7 Å². The van der Waals surface area contributed by atoms with Crippen molar-refractivity contribution in [3.63, 3.8) is 0 Å². The molecule has 0 aliphatic carbocycles. The van der Waals surface area contributed by atoms with E-state index in [4.69, 9.17) is 22.4 Å². The number of anilines is 1. The normalized spacial score (nSPS) is 9.88. The molecule has 3 N–H and O–H groups in total. The summed E-state index contributed by atoms with van der Waals surface area (Å²) in [4.78, 5) is 23.1. The van der Waals surface area contributed by atoms with Gasteiger partial charge in [-0.15, -0.1) is 0 Å². The minimum atomic E-state index is -1.08. The molecular formula is C10H11ClN2O3. The Balaban J connectivity index is 3.13. The molecule has 0 aliphatic heterocycles. The van der Waals surface area contributed by atoms with Crippen LogP contribution >= 0.6 is 11.6 Å². The number of likely N-dealkylation sites (N-methyl/N-ethyl adjacent to an activating group) is 1. The molecule has 0 saturated heterocycles. The second-order valence-electron chi connectivity index (χ2n) is 3.29. The third-order valence-corrected chi connectivity index (χ3v) is 2.23. The van der Waals surface area contributed by atoms with Crippen LogP contribution in [0.5, 0.6) is 0 Å². The number of carbonyl (C=O) groups is 2. The largest absolute Gasteiger partial charge is 0.478 e. The van der Waals surface area contributed by atoms with E-state index >= 15 is 0 Å². The molecule has 1 aromatic rings. The molecule has 1 amide bonds. The number of amides is 1. The highest BCUT2D eigenvalue weighted by molar-refractivity contribution is 6.31. The van der Waals surface area contributed by atoms with Crippen LogP contribution in [0, 0.1) is 0 Å². The fourth-order valence-electron chi connectivity index (χ4n) is 1.32. The molecular weight excluding hydrogens is 232 g/mol. The number of rotatable bonds is 4. The molecule has 1 aromatic carbocycles. The van der Waals surface area contributed by atoms with Crippen LogP contribution in [0.3, 0.4) is 0 Å². The Morgan fingerprint density at radius 2 is 2.12 bits per heavy atom. The van der Waals surface area contributed by atoms with Crippen molar-refractivity contribution in [1.82, 2.24) is 0 Å². The summed E-state index contributed by atoms with van der Waals surface area (Å²) in [6, 6.07) is 4.35. The maximum Gasteiger partial charge on any atom is 0.337 e. The Labute approximate surface area is 97.4 Å². The van der Waals surface area contributed by atoms with Crippen molar-refractivity contribution >= 4 is 29.2 Å². The molecule has 1 rings (SSSR count). The molecule has 0 aromatic heterocycles. The average molecular weight is 243 g/mol. The monoisotopic (exact) mass is 242 g/mol. The van der Waals surface area contributed by atoms with Crippen molar-refractivity contribution in [3.8, 4) is 0 Å². The zero-order valence-electron chi connectivity index (χ0n) is 8.61. The van der Waals surface area contributed by atoms with Crippen LogP contribution in [0.1, 0.15) is 10.4 Å². The van der Waals surface area contributed by atoms with E-state index in [0.717, 1.165) is 0 Å². The summed E-state index contributed by atoms with van der Waals surface area (Å²) in [6.45, 7) is -0.0688. The van der Waals surface area contributed by atoms with Gasteiger partial charge in [-0.05, 0) is 18.2 Å². The Kier molecular flexibility index (Phi) is 3.73. The van der Waals surface area contributed by atoms with Crippen LogP contribution in [0.2, 0.25) is 5.02 Å². The van der Waals surface area contributed by atoms with E-state index < -0.39 is 11.9 Å². The summed E-state index contributed by atoms with van der Waals surface area (Å²) in [7, 11) is 1.57. The van der Waals surface area contributed by atoms with Crippen LogP contribution in [-0.4, -0.2) is 30.6 Å². The van der Waals surface area contributed by atoms with Crippen molar-refractivity contribution < 1.29 is 14.7 Å². The lowest BCUT2D eigenvalue weighted by atomic mass is 10.1. The number of halogens is 1. The lowest BCUT2D eigenvalue weighted by Crippen LogP contribution is -2.31. The summed E-state index contributed by atoms with van der Waals surface area (Å²) in [5.41, 5.74) is 5.47. The number of carboxylic acids is 1. The zero-order chi connectivity index (χ0) is 12.3. The lowest BCUT2D eigenvalue weighted by molar-refractivity contribution is -0.116. The van der Waals surface area contributed by atoms with Gasteiger partial charge in [0.2, 0.25) is 5.91 Å². The van der Waals surface area contributed by atoms with Gasteiger partial charge in [0, 0.05) is 12.1 Å². The molecule has 0 fully saturated rings. The first-order valence-corrected chi connectivity index (χ1v) is 4.82. The third kappa shape index (κ3) is 2.87. The van der Waals surface area contributed by atoms with Gasteiger partial charge in [-0.1, -0.05) is 11.6 Å². The summed E-state index contributed by atoms with van der Waals surface area (Å²) in [6.07, 6.45) is 0. The maximum atomic E-state index is 10.9. The molecule has 0 aliphatic rings. The minimum absolute atomic E-state index is 0.0688. The first kappa shape index (κ1) is 12.3. The molecule has 0 saturated carbocycles. The van der Waals surface area contributed by atoms with E-state index in [2.05, 4.69) is 0 Å². The van der Waals surface area contributed by atoms with E-state index in [1.807, 2.05) is 0 Å². The number of hydrogen-bond acceptors (Lipinski definition) is 3. The van der Waals surface area contributed by atoms with Crippen LogP contribution in [0.15, 0.2) is 18.2 Å². The number of nitrogens with two attached hydrogens (primary N) is 1. The molecule has 86 valence electrons. The molecule has 0 spiro atoms. The Hall–Kier alpha value is -1.75. The second kappa shape index (κ2) is 4.85. The average Bonchev–Trinajstić information content (AvgIpc) is 2.15. The Bertz CT molecular complexity index is 434. The number of carbonyl (C=O) groups excluding carboxylic acids is 1. The van der Waals surface area contributed by atoms with Crippen molar-refractivity contribution in [1.29, 1.82) is 0 Å². The Morgan fingerprint density at radius 3 is 2.62 bits per heavy atom.